The number of hydrogen-bond donors (Lipinski definition) is 0. The molecule has 0 aliphatic heterocycles. The molecule has 2 aromatic rings. The lowest BCUT2D eigenvalue weighted by atomic mass is 9.85. The molecule has 1 saturated carbocycles. The third kappa shape index (κ3) is 2.25. The van der Waals surface area contributed by atoms with Crippen molar-refractivity contribution in [1.29, 1.82) is 0 Å². The molecule has 0 unspecified atom stereocenters. The number of imidazole rings is 1. The van der Waals surface area contributed by atoms with Gasteiger partial charge in [-0.3, -0.25) is 0 Å². The SMILES string of the molecule is COC1CCC(c2cn3cc(Cl)ccc3n2)CC1. The van der Waals surface area contributed by atoms with Crippen LogP contribution in [0.25, 0.3) is 5.65 Å². The number of hydrogen-bond acceptors (Lipinski definition) is 2. The lowest BCUT2D eigenvalue weighted by Crippen LogP contribution is -2.19. The second-order valence-electron chi connectivity index (χ2n) is 4.99. The predicted molar refractivity (Wildman–Crippen MR) is 72.2 cm³/mol. The van der Waals surface area contributed by atoms with Gasteiger partial charge >= 0.3 is 0 Å². The molecular formula is C14H17ClN2O. The molecule has 1 aliphatic rings. The van der Waals surface area contributed by atoms with Crippen LogP contribution in [-0.2, 0) is 4.74 Å². The zero-order valence-electron chi connectivity index (χ0n) is 10.5. The number of pyridine rings is 1. The Morgan fingerprint density at radius 3 is 2.72 bits per heavy atom. The van der Waals surface area contributed by atoms with Gasteiger partial charge in [-0.2, -0.15) is 0 Å². The van der Waals surface area contributed by atoms with Crippen molar-refractivity contribution < 1.29 is 4.74 Å². The van der Waals surface area contributed by atoms with Crippen LogP contribution in [0.15, 0.2) is 24.5 Å². The Morgan fingerprint density at radius 1 is 1.22 bits per heavy atom. The Labute approximate surface area is 112 Å². The zero-order chi connectivity index (χ0) is 12.5. The van der Waals surface area contributed by atoms with E-state index in [1.807, 2.05) is 22.7 Å². The van der Waals surface area contributed by atoms with Crippen LogP contribution in [-0.4, -0.2) is 22.6 Å². The van der Waals surface area contributed by atoms with Crippen LogP contribution in [0.2, 0.25) is 5.02 Å². The first kappa shape index (κ1) is 12.0. The second-order valence-corrected chi connectivity index (χ2v) is 5.42. The van der Waals surface area contributed by atoms with E-state index >= 15 is 0 Å². The molecule has 0 N–H and O–H groups in total. The van der Waals surface area contributed by atoms with Gasteiger partial charge in [0.15, 0.2) is 0 Å². The van der Waals surface area contributed by atoms with E-state index in [1.54, 1.807) is 7.11 Å². The highest BCUT2D eigenvalue weighted by Crippen LogP contribution is 2.33. The van der Waals surface area contributed by atoms with E-state index in [4.69, 9.17) is 21.3 Å². The summed E-state index contributed by atoms with van der Waals surface area (Å²) < 4.78 is 7.42. The van der Waals surface area contributed by atoms with Crippen molar-refractivity contribution >= 4 is 17.2 Å². The van der Waals surface area contributed by atoms with Gasteiger partial charge in [0.2, 0.25) is 0 Å². The third-order valence-electron chi connectivity index (χ3n) is 3.86. The molecule has 96 valence electrons. The molecule has 0 atom stereocenters. The summed E-state index contributed by atoms with van der Waals surface area (Å²) in [7, 11) is 1.80. The van der Waals surface area contributed by atoms with Crippen molar-refractivity contribution in [2.24, 2.45) is 0 Å². The number of rotatable bonds is 2. The van der Waals surface area contributed by atoms with Gasteiger partial charge < -0.3 is 9.14 Å². The first-order chi connectivity index (χ1) is 8.76. The normalized spacial score (nSPS) is 24.6. The van der Waals surface area contributed by atoms with Crippen LogP contribution < -0.4 is 0 Å². The van der Waals surface area contributed by atoms with E-state index in [9.17, 15) is 0 Å². The largest absolute Gasteiger partial charge is 0.381 e. The summed E-state index contributed by atoms with van der Waals surface area (Å²) in [4.78, 5) is 4.69. The molecular weight excluding hydrogens is 248 g/mol. The van der Waals surface area contributed by atoms with Crippen molar-refractivity contribution in [1.82, 2.24) is 9.38 Å². The van der Waals surface area contributed by atoms with E-state index < -0.39 is 0 Å². The van der Waals surface area contributed by atoms with Crippen molar-refractivity contribution in [3.05, 3.63) is 35.2 Å². The number of halogens is 1. The second kappa shape index (κ2) is 4.90. The van der Waals surface area contributed by atoms with Crippen LogP contribution in [0.4, 0.5) is 0 Å². The summed E-state index contributed by atoms with van der Waals surface area (Å²) >= 11 is 5.99. The molecule has 2 aromatic heterocycles. The molecule has 18 heavy (non-hydrogen) atoms. The van der Waals surface area contributed by atoms with Crippen LogP contribution in [0, 0.1) is 0 Å². The Morgan fingerprint density at radius 2 is 2.00 bits per heavy atom. The number of methoxy groups -OCH3 is 1. The fourth-order valence-electron chi connectivity index (χ4n) is 2.78. The predicted octanol–water partition coefficient (Wildman–Crippen LogP) is 3.66. The van der Waals surface area contributed by atoms with Crippen molar-refractivity contribution in [3.63, 3.8) is 0 Å². The molecule has 0 aromatic carbocycles. The minimum atomic E-state index is 0.438. The fraction of sp³-hybridized carbons (Fsp3) is 0.500. The molecule has 0 spiro atoms. The average molecular weight is 265 g/mol. The molecule has 4 heteroatoms. The maximum atomic E-state index is 5.99. The third-order valence-corrected chi connectivity index (χ3v) is 4.08. The van der Waals surface area contributed by atoms with Gasteiger partial charge in [0.25, 0.3) is 0 Å². The van der Waals surface area contributed by atoms with E-state index in [2.05, 4.69) is 6.20 Å². The summed E-state index contributed by atoms with van der Waals surface area (Å²) in [5.74, 6) is 0.565. The van der Waals surface area contributed by atoms with Gasteiger partial charge in [-0.05, 0) is 37.8 Å². The van der Waals surface area contributed by atoms with Crippen molar-refractivity contribution in [3.8, 4) is 0 Å². The quantitative estimate of drug-likeness (QED) is 0.828. The number of aromatic nitrogens is 2. The Bertz CT molecular complexity index is 544. The summed E-state index contributed by atoms with van der Waals surface area (Å²) in [5, 5.41) is 0.745. The fourth-order valence-corrected chi connectivity index (χ4v) is 2.94. The van der Waals surface area contributed by atoms with Crippen molar-refractivity contribution in [2.45, 2.75) is 37.7 Å². The first-order valence-electron chi connectivity index (χ1n) is 6.43. The molecule has 1 aliphatic carbocycles. The Hall–Kier alpha value is -1.06. The minimum absolute atomic E-state index is 0.438. The highest BCUT2D eigenvalue weighted by atomic mass is 35.5. The molecule has 3 rings (SSSR count). The molecule has 2 heterocycles. The summed E-state index contributed by atoms with van der Waals surface area (Å²) in [6.45, 7) is 0. The topological polar surface area (TPSA) is 26.5 Å². The van der Waals surface area contributed by atoms with Gasteiger partial charge in [-0.15, -0.1) is 0 Å². The lowest BCUT2D eigenvalue weighted by Gasteiger charge is -2.26. The molecule has 1 fully saturated rings. The summed E-state index contributed by atoms with van der Waals surface area (Å²) in [5.41, 5.74) is 2.16. The van der Waals surface area contributed by atoms with E-state index in [0.717, 1.165) is 36.4 Å². The summed E-state index contributed by atoms with van der Waals surface area (Å²) in [6.07, 6.45) is 9.05. The van der Waals surface area contributed by atoms with E-state index in [0.29, 0.717) is 12.0 Å². The molecule has 3 nitrogen and oxygen atoms in total. The van der Waals surface area contributed by atoms with Crippen LogP contribution in [0.5, 0.6) is 0 Å². The highest BCUT2D eigenvalue weighted by molar-refractivity contribution is 6.30. The maximum Gasteiger partial charge on any atom is 0.137 e. The van der Waals surface area contributed by atoms with Gasteiger partial charge in [0.05, 0.1) is 16.8 Å². The minimum Gasteiger partial charge on any atom is -0.381 e. The van der Waals surface area contributed by atoms with Crippen LogP contribution in [0.3, 0.4) is 0 Å². The van der Waals surface area contributed by atoms with Gasteiger partial charge in [-0.1, -0.05) is 11.6 Å². The molecule has 0 radical (unpaired) electrons. The monoisotopic (exact) mass is 264 g/mol. The maximum absolute atomic E-state index is 5.99. The van der Waals surface area contributed by atoms with E-state index in [1.165, 1.54) is 5.69 Å². The van der Waals surface area contributed by atoms with Gasteiger partial charge in [0.1, 0.15) is 5.65 Å². The van der Waals surface area contributed by atoms with Crippen molar-refractivity contribution in [2.75, 3.05) is 7.11 Å². The Balaban J connectivity index is 1.82. The molecule has 0 saturated heterocycles. The lowest BCUT2D eigenvalue weighted by molar-refractivity contribution is 0.0655. The van der Waals surface area contributed by atoms with Gasteiger partial charge in [0, 0.05) is 25.4 Å². The van der Waals surface area contributed by atoms with Crippen LogP contribution in [0.1, 0.15) is 37.3 Å². The molecule has 0 bridgehead atoms. The van der Waals surface area contributed by atoms with Gasteiger partial charge in [-0.25, -0.2) is 4.98 Å². The zero-order valence-corrected chi connectivity index (χ0v) is 11.2. The standard InChI is InChI=1S/C14H17ClN2O/c1-18-12-5-2-10(3-6-12)13-9-17-8-11(15)4-7-14(17)16-13/h4,7-10,12H,2-3,5-6H2,1H3. The number of nitrogens with zero attached hydrogens (tertiary/aromatic N) is 2. The smallest absolute Gasteiger partial charge is 0.137 e. The average Bonchev–Trinajstić information content (AvgIpc) is 2.81. The molecule has 0 amide bonds. The number of ether oxygens (including phenoxy) is 1. The number of fused-ring (bicyclic) bond motifs is 1. The first-order valence-corrected chi connectivity index (χ1v) is 6.81. The van der Waals surface area contributed by atoms with Crippen LogP contribution >= 0.6 is 11.6 Å². The Kier molecular flexibility index (Phi) is 3.27. The van der Waals surface area contributed by atoms with E-state index in [-0.39, 0.29) is 0 Å². The summed E-state index contributed by atoms with van der Waals surface area (Å²) in [6, 6.07) is 3.85. The highest BCUT2D eigenvalue weighted by Gasteiger charge is 2.23.